The fourth-order valence-electron chi connectivity index (χ4n) is 1.80. The van der Waals surface area contributed by atoms with E-state index in [4.69, 9.17) is 9.84 Å². The molecule has 0 spiro atoms. The number of alkyl halides is 1. The number of carbonyl (C=O) groups is 2. The topological polar surface area (TPSA) is 66.8 Å². The normalized spacial score (nSPS) is 24.8. The van der Waals surface area contributed by atoms with Gasteiger partial charge in [0, 0.05) is 12.5 Å². The highest BCUT2D eigenvalue weighted by atomic mass is 19.1. The lowest BCUT2D eigenvalue weighted by molar-refractivity contribution is -0.138. The molecule has 0 saturated carbocycles. The first-order chi connectivity index (χ1) is 7.69. The summed E-state index contributed by atoms with van der Waals surface area (Å²) in [6, 6.07) is -0.614. The number of hydrogen-bond acceptors (Lipinski definition) is 3. The third kappa shape index (κ3) is 4.20. The first-order valence-electron chi connectivity index (χ1n) is 5.54. The maximum absolute atomic E-state index is 13.2. The van der Waals surface area contributed by atoms with Gasteiger partial charge >= 0.3 is 12.1 Å². The Morgan fingerprint density at radius 1 is 1.47 bits per heavy atom. The summed E-state index contributed by atoms with van der Waals surface area (Å²) in [5.74, 6) is -1.04. The standard InChI is InChI=1S/C11H18FNO4/c1-11(2,3)17-10(16)13-6-7(12)4-8(13)5-9(14)15/h7-8H,4-6H2,1-3H3,(H,14,15)/t7-,8-/m0/s1. The highest BCUT2D eigenvalue weighted by molar-refractivity contribution is 5.72. The van der Waals surface area contributed by atoms with Gasteiger partial charge in [0.2, 0.25) is 0 Å². The molecular formula is C11H18FNO4. The maximum Gasteiger partial charge on any atom is 0.410 e. The third-order valence-corrected chi connectivity index (χ3v) is 2.40. The van der Waals surface area contributed by atoms with E-state index in [-0.39, 0.29) is 19.4 Å². The van der Waals surface area contributed by atoms with Crippen LogP contribution < -0.4 is 0 Å². The third-order valence-electron chi connectivity index (χ3n) is 2.40. The largest absolute Gasteiger partial charge is 0.481 e. The van der Waals surface area contributed by atoms with Crippen LogP contribution in [0.5, 0.6) is 0 Å². The van der Waals surface area contributed by atoms with Crippen LogP contribution in [-0.2, 0) is 9.53 Å². The molecule has 0 unspecified atom stereocenters. The van der Waals surface area contributed by atoms with E-state index in [9.17, 15) is 14.0 Å². The summed E-state index contributed by atoms with van der Waals surface area (Å²) in [4.78, 5) is 23.5. The molecule has 0 aromatic rings. The molecule has 6 heteroatoms. The Morgan fingerprint density at radius 2 is 2.06 bits per heavy atom. The van der Waals surface area contributed by atoms with Gasteiger partial charge in [-0.25, -0.2) is 9.18 Å². The number of aliphatic carboxylic acids is 1. The Bertz CT molecular complexity index is 313. The SMILES string of the molecule is CC(C)(C)OC(=O)N1C[C@@H](F)C[C@H]1CC(=O)O. The Labute approximate surface area is 99.5 Å². The van der Waals surface area contributed by atoms with Crippen LogP contribution in [0.1, 0.15) is 33.6 Å². The van der Waals surface area contributed by atoms with E-state index in [1.54, 1.807) is 20.8 Å². The van der Waals surface area contributed by atoms with E-state index in [2.05, 4.69) is 0 Å². The van der Waals surface area contributed by atoms with Gasteiger partial charge in [0.1, 0.15) is 11.8 Å². The van der Waals surface area contributed by atoms with Crippen LogP contribution in [0.15, 0.2) is 0 Å². The Morgan fingerprint density at radius 3 is 2.53 bits per heavy atom. The molecule has 98 valence electrons. The summed E-state index contributed by atoms with van der Waals surface area (Å²) in [6.07, 6.45) is -2.01. The Hall–Kier alpha value is -1.33. The molecule has 0 aromatic heterocycles. The van der Waals surface area contributed by atoms with Crippen LogP contribution in [0.3, 0.4) is 0 Å². The molecule has 17 heavy (non-hydrogen) atoms. The van der Waals surface area contributed by atoms with Crippen molar-refractivity contribution in [1.29, 1.82) is 0 Å². The van der Waals surface area contributed by atoms with Crippen molar-refractivity contribution in [2.75, 3.05) is 6.54 Å². The maximum atomic E-state index is 13.2. The van der Waals surface area contributed by atoms with Gasteiger partial charge in [-0.1, -0.05) is 0 Å². The summed E-state index contributed by atoms with van der Waals surface area (Å²) in [7, 11) is 0. The van der Waals surface area contributed by atoms with Crippen LogP contribution in [0.2, 0.25) is 0 Å². The first-order valence-corrected chi connectivity index (χ1v) is 5.54. The molecule has 1 amide bonds. The van der Waals surface area contributed by atoms with Gasteiger partial charge < -0.3 is 14.7 Å². The lowest BCUT2D eigenvalue weighted by Crippen LogP contribution is -2.40. The van der Waals surface area contributed by atoms with Crippen molar-refractivity contribution in [2.45, 2.75) is 51.4 Å². The molecule has 1 saturated heterocycles. The first kappa shape index (κ1) is 13.7. The molecule has 0 aromatic carbocycles. The lowest BCUT2D eigenvalue weighted by Gasteiger charge is -2.27. The molecule has 1 N–H and O–H groups in total. The number of halogens is 1. The van der Waals surface area contributed by atoms with E-state index in [1.165, 1.54) is 4.90 Å². The minimum absolute atomic E-state index is 0.0611. The van der Waals surface area contributed by atoms with Crippen molar-refractivity contribution < 1.29 is 23.8 Å². The van der Waals surface area contributed by atoms with Crippen molar-refractivity contribution in [2.24, 2.45) is 0 Å². The number of ether oxygens (including phenoxy) is 1. The molecule has 1 rings (SSSR count). The van der Waals surface area contributed by atoms with E-state index < -0.39 is 29.9 Å². The average Bonchev–Trinajstić information content (AvgIpc) is 2.42. The van der Waals surface area contributed by atoms with Gasteiger partial charge in [0.15, 0.2) is 0 Å². The number of nitrogens with zero attached hydrogens (tertiary/aromatic N) is 1. The zero-order chi connectivity index (χ0) is 13.2. The van der Waals surface area contributed by atoms with Crippen molar-refractivity contribution in [1.82, 2.24) is 4.90 Å². The van der Waals surface area contributed by atoms with Gasteiger partial charge in [-0.15, -0.1) is 0 Å². The lowest BCUT2D eigenvalue weighted by atomic mass is 10.1. The molecule has 2 atom stereocenters. The van der Waals surface area contributed by atoms with Gasteiger partial charge in [0.25, 0.3) is 0 Å². The minimum atomic E-state index is -1.17. The molecule has 1 fully saturated rings. The smallest absolute Gasteiger partial charge is 0.410 e. The number of hydrogen-bond donors (Lipinski definition) is 1. The Balaban J connectivity index is 2.66. The molecule has 0 bridgehead atoms. The highest BCUT2D eigenvalue weighted by Crippen LogP contribution is 2.25. The number of carboxylic acids is 1. The minimum Gasteiger partial charge on any atom is -0.481 e. The van der Waals surface area contributed by atoms with Crippen LogP contribution in [0.4, 0.5) is 9.18 Å². The van der Waals surface area contributed by atoms with Gasteiger partial charge in [-0.2, -0.15) is 0 Å². The van der Waals surface area contributed by atoms with Crippen LogP contribution >= 0.6 is 0 Å². The summed E-state index contributed by atoms with van der Waals surface area (Å²) in [5, 5.41) is 8.69. The summed E-state index contributed by atoms with van der Waals surface area (Å²) in [5.41, 5.74) is -0.667. The monoisotopic (exact) mass is 247 g/mol. The van der Waals surface area contributed by atoms with Crippen LogP contribution in [-0.4, -0.2) is 46.4 Å². The van der Waals surface area contributed by atoms with Gasteiger partial charge in [-0.3, -0.25) is 4.79 Å². The highest BCUT2D eigenvalue weighted by Gasteiger charge is 2.38. The Kier molecular flexibility index (Phi) is 3.95. The summed E-state index contributed by atoms with van der Waals surface area (Å²) >= 11 is 0. The molecular weight excluding hydrogens is 229 g/mol. The zero-order valence-electron chi connectivity index (χ0n) is 10.3. The molecule has 1 heterocycles. The van der Waals surface area contributed by atoms with E-state index >= 15 is 0 Å². The predicted octanol–water partition coefficient (Wildman–Crippen LogP) is 1.81. The average molecular weight is 247 g/mol. The summed E-state index contributed by atoms with van der Waals surface area (Å²) < 4.78 is 18.3. The molecule has 0 aliphatic carbocycles. The van der Waals surface area contributed by atoms with Crippen molar-refractivity contribution in [3.8, 4) is 0 Å². The van der Waals surface area contributed by atoms with Crippen LogP contribution in [0, 0.1) is 0 Å². The van der Waals surface area contributed by atoms with E-state index in [1.807, 2.05) is 0 Å². The molecule has 1 aliphatic rings. The van der Waals surface area contributed by atoms with Crippen molar-refractivity contribution >= 4 is 12.1 Å². The molecule has 5 nitrogen and oxygen atoms in total. The molecule has 0 radical (unpaired) electrons. The summed E-state index contributed by atoms with van der Waals surface area (Å²) in [6.45, 7) is 5.03. The van der Waals surface area contributed by atoms with Crippen molar-refractivity contribution in [3.05, 3.63) is 0 Å². The van der Waals surface area contributed by atoms with E-state index in [0.29, 0.717) is 0 Å². The number of rotatable bonds is 2. The number of amides is 1. The molecule has 1 aliphatic heterocycles. The number of likely N-dealkylation sites (tertiary alicyclic amines) is 1. The second kappa shape index (κ2) is 4.89. The fourth-order valence-corrected chi connectivity index (χ4v) is 1.80. The van der Waals surface area contributed by atoms with Crippen molar-refractivity contribution in [3.63, 3.8) is 0 Å². The van der Waals surface area contributed by atoms with Gasteiger partial charge in [-0.05, 0) is 20.8 Å². The van der Waals surface area contributed by atoms with Crippen LogP contribution in [0.25, 0.3) is 0 Å². The number of carbonyl (C=O) groups excluding carboxylic acids is 1. The number of carboxylic acid groups (broad SMARTS) is 1. The zero-order valence-corrected chi connectivity index (χ0v) is 10.3. The fraction of sp³-hybridized carbons (Fsp3) is 0.818. The predicted molar refractivity (Wildman–Crippen MR) is 58.5 cm³/mol. The van der Waals surface area contributed by atoms with E-state index in [0.717, 1.165) is 0 Å². The second-order valence-electron chi connectivity index (χ2n) is 5.22. The quantitative estimate of drug-likeness (QED) is 0.808. The van der Waals surface area contributed by atoms with Gasteiger partial charge in [0.05, 0.1) is 13.0 Å². The second-order valence-corrected chi connectivity index (χ2v) is 5.22.